The van der Waals surface area contributed by atoms with Crippen molar-refractivity contribution in [3.8, 4) is 0 Å². The highest BCUT2D eigenvalue weighted by Gasteiger charge is 2.10. The molecule has 1 unspecified atom stereocenters. The van der Waals surface area contributed by atoms with Crippen molar-refractivity contribution >= 4 is 5.97 Å². The number of aliphatic carboxylic acids is 1. The highest BCUT2D eigenvalue weighted by Crippen LogP contribution is 2.18. The molecule has 0 heterocycles. The Morgan fingerprint density at radius 1 is 1.43 bits per heavy atom. The van der Waals surface area contributed by atoms with Gasteiger partial charge in [-0.2, -0.15) is 0 Å². The van der Waals surface area contributed by atoms with E-state index < -0.39 is 5.97 Å². The maximum Gasteiger partial charge on any atom is 0.303 e. The lowest BCUT2D eigenvalue weighted by Crippen LogP contribution is -2.07. The van der Waals surface area contributed by atoms with Crippen molar-refractivity contribution in [1.82, 2.24) is 0 Å². The minimum Gasteiger partial charge on any atom is -0.481 e. The van der Waals surface area contributed by atoms with Crippen molar-refractivity contribution in [3.63, 3.8) is 0 Å². The Balaban J connectivity index is 3.61. The molecule has 0 rings (SSSR count). The van der Waals surface area contributed by atoms with Crippen LogP contribution in [-0.2, 0) is 4.79 Å². The number of carboxylic acid groups (broad SMARTS) is 1. The summed E-state index contributed by atoms with van der Waals surface area (Å²) in [5.41, 5.74) is 0. The van der Waals surface area contributed by atoms with E-state index in [1.165, 1.54) is 19.3 Å². The number of carboxylic acids is 1. The molecule has 0 radical (unpaired) electrons. The second-order valence-electron chi connectivity index (χ2n) is 3.84. The predicted molar refractivity (Wildman–Crippen MR) is 59.3 cm³/mol. The second-order valence-corrected chi connectivity index (χ2v) is 3.84. The fraction of sp³-hybridized carbons (Fsp3) is 0.750. The second kappa shape index (κ2) is 8.79. The normalized spacial score (nSPS) is 12.4. The highest BCUT2D eigenvalue weighted by atomic mass is 16.4. The molecular weight excluding hydrogens is 176 g/mol. The first-order valence-electron chi connectivity index (χ1n) is 5.53. The predicted octanol–water partition coefficient (Wildman–Crippen LogP) is 3.62. The Morgan fingerprint density at radius 3 is 2.64 bits per heavy atom. The van der Waals surface area contributed by atoms with Crippen LogP contribution in [0.2, 0.25) is 0 Å². The molecule has 0 aromatic heterocycles. The first-order chi connectivity index (χ1) is 6.70. The van der Waals surface area contributed by atoms with E-state index in [0.717, 1.165) is 19.3 Å². The summed E-state index contributed by atoms with van der Waals surface area (Å²) < 4.78 is 0. The number of rotatable bonds is 9. The fourth-order valence-electron chi connectivity index (χ4n) is 1.65. The van der Waals surface area contributed by atoms with Gasteiger partial charge in [-0.1, -0.05) is 38.7 Å². The summed E-state index contributed by atoms with van der Waals surface area (Å²) >= 11 is 0. The standard InChI is InChI=1S/C12H22O2/c1-3-5-6-7-9-11(8-4-2)10-12(13)14/h4,11H,2-3,5-10H2,1H3,(H,13,14). The lowest BCUT2D eigenvalue weighted by atomic mass is 9.94. The third-order valence-corrected chi connectivity index (χ3v) is 2.43. The molecule has 0 aliphatic heterocycles. The van der Waals surface area contributed by atoms with Crippen LogP contribution in [0.3, 0.4) is 0 Å². The van der Waals surface area contributed by atoms with Gasteiger partial charge < -0.3 is 5.11 Å². The van der Waals surface area contributed by atoms with Gasteiger partial charge in [0, 0.05) is 6.42 Å². The summed E-state index contributed by atoms with van der Waals surface area (Å²) in [5.74, 6) is -0.394. The zero-order chi connectivity index (χ0) is 10.8. The number of hydrogen-bond donors (Lipinski definition) is 1. The largest absolute Gasteiger partial charge is 0.481 e. The first kappa shape index (κ1) is 13.2. The zero-order valence-electron chi connectivity index (χ0n) is 9.17. The van der Waals surface area contributed by atoms with E-state index in [-0.39, 0.29) is 6.42 Å². The Hall–Kier alpha value is -0.790. The smallest absolute Gasteiger partial charge is 0.303 e. The minimum atomic E-state index is -0.688. The summed E-state index contributed by atoms with van der Waals surface area (Å²) in [6, 6.07) is 0. The van der Waals surface area contributed by atoms with E-state index in [2.05, 4.69) is 13.5 Å². The van der Waals surface area contributed by atoms with Crippen LogP contribution < -0.4 is 0 Å². The lowest BCUT2D eigenvalue weighted by molar-refractivity contribution is -0.138. The number of carbonyl (C=O) groups is 1. The SMILES string of the molecule is C=CCC(CCCCCC)CC(=O)O. The molecule has 14 heavy (non-hydrogen) atoms. The molecule has 0 saturated heterocycles. The maximum atomic E-state index is 10.5. The van der Waals surface area contributed by atoms with E-state index in [0.29, 0.717) is 5.92 Å². The third kappa shape index (κ3) is 7.84. The van der Waals surface area contributed by atoms with Crippen LogP contribution in [0.25, 0.3) is 0 Å². The van der Waals surface area contributed by atoms with E-state index in [9.17, 15) is 4.79 Å². The van der Waals surface area contributed by atoms with Crippen LogP contribution in [0.1, 0.15) is 51.9 Å². The number of unbranched alkanes of at least 4 members (excludes halogenated alkanes) is 3. The molecule has 0 amide bonds. The van der Waals surface area contributed by atoms with Crippen LogP contribution >= 0.6 is 0 Å². The molecule has 0 aromatic carbocycles. The first-order valence-corrected chi connectivity index (χ1v) is 5.53. The van der Waals surface area contributed by atoms with Crippen molar-refractivity contribution in [3.05, 3.63) is 12.7 Å². The van der Waals surface area contributed by atoms with Gasteiger partial charge in [0.2, 0.25) is 0 Å². The molecule has 0 saturated carbocycles. The van der Waals surface area contributed by atoms with E-state index >= 15 is 0 Å². The molecule has 0 bridgehead atoms. The van der Waals surface area contributed by atoms with Gasteiger partial charge in [-0.25, -0.2) is 0 Å². The van der Waals surface area contributed by atoms with Gasteiger partial charge in [0.1, 0.15) is 0 Å². The van der Waals surface area contributed by atoms with Crippen molar-refractivity contribution in [2.45, 2.75) is 51.9 Å². The molecule has 82 valence electrons. The van der Waals surface area contributed by atoms with Gasteiger partial charge in [-0.3, -0.25) is 4.79 Å². The molecule has 0 spiro atoms. The highest BCUT2D eigenvalue weighted by molar-refractivity contribution is 5.67. The fourth-order valence-corrected chi connectivity index (χ4v) is 1.65. The average Bonchev–Trinajstić information content (AvgIpc) is 2.12. The topological polar surface area (TPSA) is 37.3 Å². The maximum absolute atomic E-state index is 10.5. The monoisotopic (exact) mass is 198 g/mol. The van der Waals surface area contributed by atoms with Gasteiger partial charge in [-0.15, -0.1) is 6.58 Å². The van der Waals surface area contributed by atoms with Crippen molar-refractivity contribution < 1.29 is 9.90 Å². The summed E-state index contributed by atoms with van der Waals surface area (Å²) in [5, 5.41) is 8.68. The van der Waals surface area contributed by atoms with Gasteiger partial charge in [0.05, 0.1) is 0 Å². The molecule has 0 fully saturated rings. The van der Waals surface area contributed by atoms with Crippen molar-refractivity contribution in [2.24, 2.45) is 5.92 Å². The van der Waals surface area contributed by atoms with Crippen LogP contribution in [0.5, 0.6) is 0 Å². The van der Waals surface area contributed by atoms with Crippen LogP contribution in [0, 0.1) is 5.92 Å². The Bertz CT molecular complexity index is 164. The molecule has 0 aromatic rings. The molecule has 1 N–H and O–H groups in total. The van der Waals surface area contributed by atoms with E-state index in [1.807, 2.05) is 6.08 Å². The van der Waals surface area contributed by atoms with E-state index in [1.54, 1.807) is 0 Å². The summed E-state index contributed by atoms with van der Waals surface area (Å²) in [4.78, 5) is 10.5. The number of allylic oxidation sites excluding steroid dienone is 1. The van der Waals surface area contributed by atoms with Gasteiger partial charge >= 0.3 is 5.97 Å². The molecule has 0 aliphatic carbocycles. The van der Waals surface area contributed by atoms with Crippen LogP contribution in [-0.4, -0.2) is 11.1 Å². The minimum absolute atomic E-state index is 0.290. The summed E-state index contributed by atoms with van der Waals surface area (Å²) in [6.07, 6.45) is 8.84. The third-order valence-electron chi connectivity index (χ3n) is 2.43. The van der Waals surface area contributed by atoms with Gasteiger partial charge in [0.25, 0.3) is 0 Å². The lowest BCUT2D eigenvalue weighted by Gasteiger charge is -2.11. The van der Waals surface area contributed by atoms with Crippen LogP contribution in [0.4, 0.5) is 0 Å². The van der Waals surface area contributed by atoms with Gasteiger partial charge in [0.15, 0.2) is 0 Å². The van der Waals surface area contributed by atoms with Crippen LogP contribution in [0.15, 0.2) is 12.7 Å². The molecule has 0 aliphatic rings. The van der Waals surface area contributed by atoms with Crippen molar-refractivity contribution in [2.75, 3.05) is 0 Å². The Morgan fingerprint density at radius 2 is 2.14 bits per heavy atom. The summed E-state index contributed by atoms with van der Waals surface area (Å²) in [6.45, 7) is 5.84. The average molecular weight is 198 g/mol. The Kier molecular flexibility index (Phi) is 8.30. The van der Waals surface area contributed by atoms with Crippen molar-refractivity contribution in [1.29, 1.82) is 0 Å². The molecule has 2 nitrogen and oxygen atoms in total. The number of hydrogen-bond acceptors (Lipinski definition) is 1. The summed E-state index contributed by atoms with van der Waals surface area (Å²) in [7, 11) is 0. The molecule has 1 atom stereocenters. The molecular formula is C12H22O2. The van der Waals surface area contributed by atoms with Gasteiger partial charge in [-0.05, 0) is 18.8 Å². The quantitative estimate of drug-likeness (QED) is 0.454. The van der Waals surface area contributed by atoms with E-state index in [4.69, 9.17) is 5.11 Å². The Labute approximate surface area is 87.0 Å². The zero-order valence-corrected chi connectivity index (χ0v) is 9.17. The molecule has 2 heteroatoms.